The quantitative estimate of drug-likeness (QED) is 0.675. The maximum absolute atomic E-state index is 13.0. The molecule has 2 aromatic carbocycles. The highest BCUT2D eigenvalue weighted by molar-refractivity contribution is 6.09. The molecule has 2 rings (SSSR count). The molecule has 0 atom stereocenters. The average molecular weight is 325 g/mol. The van der Waals surface area contributed by atoms with Gasteiger partial charge in [-0.15, -0.1) is 0 Å². The van der Waals surface area contributed by atoms with E-state index in [9.17, 15) is 27.2 Å². The summed E-state index contributed by atoms with van der Waals surface area (Å²) in [6, 6.07) is 7.53. The van der Waals surface area contributed by atoms with E-state index in [1.165, 1.54) is 18.2 Å². The van der Waals surface area contributed by atoms with E-state index in [1.54, 1.807) is 0 Å². The molecule has 0 aliphatic carbocycles. The zero-order chi connectivity index (χ0) is 17.2. The monoisotopic (exact) mass is 325 g/mol. The third kappa shape index (κ3) is 3.74. The van der Waals surface area contributed by atoms with Crippen LogP contribution in [0.25, 0.3) is 0 Å². The fourth-order valence-corrected chi connectivity index (χ4v) is 2.07. The predicted octanol–water partition coefficient (Wildman–Crippen LogP) is 4.30. The number of rotatable bonds is 3. The molecule has 7 heteroatoms. The van der Waals surface area contributed by atoms with Crippen molar-refractivity contribution in [2.75, 3.05) is 5.32 Å². The Bertz CT molecular complexity index is 752. The van der Waals surface area contributed by atoms with Gasteiger partial charge < -0.3 is 5.32 Å². The zero-order valence-corrected chi connectivity index (χ0v) is 11.9. The smallest absolute Gasteiger partial charge is 0.321 e. The highest BCUT2D eigenvalue weighted by atomic mass is 19.4. The molecule has 0 fully saturated rings. The number of halogens is 4. The van der Waals surface area contributed by atoms with Gasteiger partial charge in [0.1, 0.15) is 5.82 Å². The second kappa shape index (κ2) is 6.20. The second-order valence-electron chi connectivity index (χ2n) is 4.74. The van der Waals surface area contributed by atoms with E-state index in [1.807, 2.05) is 0 Å². The van der Waals surface area contributed by atoms with E-state index in [0.29, 0.717) is 0 Å². The average Bonchev–Trinajstić information content (AvgIpc) is 2.46. The lowest BCUT2D eigenvalue weighted by Crippen LogP contribution is -2.18. The molecule has 3 nitrogen and oxygen atoms in total. The number of ketones is 1. The topological polar surface area (TPSA) is 46.2 Å². The molecular weight excluding hydrogens is 314 g/mol. The number of hydrogen-bond donors (Lipinski definition) is 1. The Balaban J connectivity index is 2.42. The molecule has 0 aliphatic rings. The summed E-state index contributed by atoms with van der Waals surface area (Å²) in [7, 11) is 0. The van der Waals surface area contributed by atoms with Gasteiger partial charge in [-0.25, -0.2) is 4.39 Å². The van der Waals surface area contributed by atoms with Crippen molar-refractivity contribution in [3.8, 4) is 0 Å². The fraction of sp³-hybridized carbons (Fsp3) is 0.125. The fourth-order valence-electron chi connectivity index (χ4n) is 2.07. The summed E-state index contributed by atoms with van der Waals surface area (Å²) < 4.78 is 51.8. The lowest BCUT2D eigenvalue weighted by atomic mass is 10.0. The largest absolute Gasteiger partial charge is 0.417 e. The summed E-state index contributed by atoms with van der Waals surface area (Å²) >= 11 is 0. The molecule has 2 aromatic rings. The van der Waals surface area contributed by atoms with Crippen LogP contribution in [0.1, 0.15) is 33.2 Å². The number of nitrogens with one attached hydrogen (secondary N) is 1. The van der Waals surface area contributed by atoms with Crippen molar-refractivity contribution in [1.29, 1.82) is 0 Å². The van der Waals surface area contributed by atoms with E-state index in [-0.39, 0.29) is 11.3 Å². The maximum Gasteiger partial charge on any atom is 0.417 e. The molecular formula is C16H11F4NO2. The van der Waals surface area contributed by atoms with Gasteiger partial charge in [0, 0.05) is 5.56 Å². The van der Waals surface area contributed by atoms with Crippen LogP contribution in [0.2, 0.25) is 0 Å². The number of alkyl halides is 3. The molecule has 0 saturated carbocycles. The number of Topliss-reactive ketones (excluding diaryl/α,β-unsaturated/α-hetero) is 1. The number of anilines is 1. The van der Waals surface area contributed by atoms with Crippen LogP contribution in [0.3, 0.4) is 0 Å². The summed E-state index contributed by atoms with van der Waals surface area (Å²) in [4.78, 5) is 23.6. The molecule has 0 heterocycles. The highest BCUT2D eigenvalue weighted by Gasteiger charge is 2.35. The Kier molecular flexibility index (Phi) is 4.49. The maximum atomic E-state index is 13.0. The Labute approximate surface area is 128 Å². The van der Waals surface area contributed by atoms with Gasteiger partial charge in [-0.1, -0.05) is 6.07 Å². The number of hydrogen-bond acceptors (Lipinski definition) is 2. The molecule has 1 N–H and O–H groups in total. The van der Waals surface area contributed by atoms with E-state index in [2.05, 4.69) is 5.32 Å². The van der Waals surface area contributed by atoms with Crippen molar-refractivity contribution in [3.63, 3.8) is 0 Å². The number of amides is 1. The first-order valence-corrected chi connectivity index (χ1v) is 6.48. The standard InChI is InChI=1S/C16H11F4NO2/c1-9(22)14-12(16(18,19)20)3-2-4-13(14)21-15(23)10-5-7-11(17)8-6-10/h2-8H,1H3,(H,21,23). The van der Waals surface area contributed by atoms with Crippen LogP contribution in [-0.2, 0) is 6.18 Å². The Morgan fingerprint density at radius 3 is 2.13 bits per heavy atom. The number of carbonyl (C=O) groups is 2. The summed E-state index contributed by atoms with van der Waals surface area (Å²) in [5.41, 5.74) is -1.93. The molecule has 0 saturated heterocycles. The van der Waals surface area contributed by atoms with Gasteiger partial charge in [-0.3, -0.25) is 9.59 Å². The van der Waals surface area contributed by atoms with E-state index < -0.39 is 34.8 Å². The van der Waals surface area contributed by atoms with Crippen molar-refractivity contribution in [1.82, 2.24) is 0 Å². The van der Waals surface area contributed by atoms with Gasteiger partial charge in [0.05, 0.1) is 16.8 Å². The first kappa shape index (κ1) is 16.7. The van der Waals surface area contributed by atoms with Crippen molar-refractivity contribution < 1.29 is 27.2 Å². The van der Waals surface area contributed by atoms with Crippen LogP contribution in [0.15, 0.2) is 42.5 Å². The van der Waals surface area contributed by atoms with Crippen molar-refractivity contribution in [2.24, 2.45) is 0 Å². The van der Waals surface area contributed by atoms with Crippen molar-refractivity contribution >= 4 is 17.4 Å². The van der Waals surface area contributed by atoms with E-state index >= 15 is 0 Å². The normalized spacial score (nSPS) is 11.2. The third-order valence-corrected chi connectivity index (χ3v) is 3.08. The Morgan fingerprint density at radius 2 is 1.61 bits per heavy atom. The van der Waals surface area contributed by atoms with Crippen LogP contribution in [0.5, 0.6) is 0 Å². The minimum absolute atomic E-state index is 0.0540. The van der Waals surface area contributed by atoms with Gasteiger partial charge in [-0.05, 0) is 43.3 Å². The zero-order valence-electron chi connectivity index (χ0n) is 11.9. The summed E-state index contributed by atoms with van der Waals surface area (Å²) in [5.74, 6) is -2.12. The first-order valence-electron chi connectivity index (χ1n) is 6.48. The Morgan fingerprint density at radius 1 is 1.00 bits per heavy atom. The molecule has 1 amide bonds. The predicted molar refractivity (Wildman–Crippen MR) is 75.8 cm³/mol. The summed E-state index contributed by atoms with van der Waals surface area (Å²) in [6.45, 7) is 0.984. The first-order chi connectivity index (χ1) is 10.7. The third-order valence-electron chi connectivity index (χ3n) is 3.08. The van der Waals surface area contributed by atoms with Crippen LogP contribution < -0.4 is 5.32 Å². The van der Waals surface area contributed by atoms with Gasteiger partial charge in [-0.2, -0.15) is 13.2 Å². The molecule has 0 aromatic heterocycles. The van der Waals surface area contributed by atoms with Crippen LogP contribution >= 0.6 is 0 Å². The van der Waals surface area contributed by atoms with E-state index in [4.69, 9.17) is 0 Å². The molecule has 0 radical (unpaired) electrons. The molecule has 23 heavy (non-hydrogen) atoms. The van der Waals surface area contributed by atoms with Crippen molar-refractivity contribution in [3.05, 3.63) is 65.0 Å². The SMILES string of the molecule is CC(=O)c1c(NC(=O)c2ccc(F)cc2)cccc1C(F)(F)F. The molecule has 0 aliphatic heterocycles. The Hall–Kier alpha value is -2.70. The second-order valence-corrected chi connectivity index (χ2v) is 4.74. The van der Waals surface area contributed by atoms with E-state index in [0.717, 1.165) is 31.2 Å². The van der Waals surface area contributed by atoms with Gasteiger partial charge >= 0.3 is 6.18 Å². The minimum atomic E-state index is -4.72. The molecule has 0 unspecified atom stereocenters. The molecule has 120 valence electrons. The number of carbonyl (C=O) groups excluding carboxylic acids is 2. The molecule has 0 spiro atoms. The van der Waals surface area contributed by atoms with Gasteiger partial charge in [0.2, 0.25) is 0 Å². The summed E-state index contributed by atoms with van der Waals surface area (Å²) in [5, 5.41) is 2.26. The number of benzene rings is 2. The highest BCUT2D eigenvalue weighted by Crippen LogP contribution is 2.35. The minimum Gasteiger partial charge on any atom is -0.321 e. The van der Waals surface area contributed by atoms with Crippen LogP contribution in [0, 0.1) is 5.82 Å². The lowest BCUT2D eigenvalue weighted by Gasteiger charge is -2.15. The van der Waals surface area contributed by atoms with Gasteiger partial charge in [0.25, 0.3) is 5.91 Å². The van der Waals surface area contributed by atoms with Crippen molar-refractivity contribution in [2.45, 2.75) is 13.1 Å². The van der Waals surface area contributed by atoms with Gasteiger partial charge in [0.15, 0.2) is 5.78 Å². The summed E-state index contributed by atoms with van der Waals surface area (Å²) in [6.07, 6.45) is -4.72. The molecule has 0 bridgehead atoms. The van der Waals surface area contributed by atoms with Crippen LogP contribution in [-0.4, -0.2) is 11.7 Å². The lowest BCUT2D eigenvalue weighted by molar-refractivity contribution is -0.137. The van der Waals surface area contributed by atoms with Crippen LogP contribution in [0.4, 0.5) is 23.2 Å².